The summed E-state index contributed by atoms with van der Waals surface area (Å²) in [5.74, 6) is 2.31. The average Bonchev–Trinajstić information content (AvgIpc) is 3.09. The van der Waals surface area contributed by atoms with Crippen molar-refractivity contribution in [1.82, 2.24) is 5.32 Å². The number of benzene rings is 1. The lowest BCUT2D eigenvalue weighted by Gasteiger charge is -2.24. The summed E-state index contributed by atoms with van der Waals surface area (Å²) in [5, 5.41) is 2.80. The number of hydrogen-bond acceptors (Lipinski definition) is 5. The predicted octanol–water partition coefficient (Wildman–Crippen LogP) is 3.10. The van der Waals surface area contributed by atoms with Crippen molar-refractivity contribution in [2.45, 2.75) is 26.0 Å². The first kappa shape index (κ1) is 21.4. The van der Waals surface area contributed by atoms with Crippen molar-refractivity contribution in [2.24, 2.45) is 0 Å². The maximum atomic E-state index is 12.2. The molecule has 0 aliphatic carbocycles. The van der Waals surface area contributed by atoms with Crippen LogP contribution in [0.2, 0.25) is 0 Å². The first-order chi connectivity index (χ1) is 12.8. The molecule has 6 nitrogen and oxygen atoms in total. The number of sulfonamides is 1. The monoisotopic (exact) mass is 410 g/mol. The van der Waals surface area contributed by atoms with E-state index in [2.05, 4.69) is 5.32 Å². The molecule has 0 unspecified atom stereocenters. The van der Waals surface area contributed by atoms with Gasteiger partial charge < -0.3 is 9.73 Å². The van der Waals surface area contributed by atoms with Gasteiger partial charge in [0, 0.05) is 6.54 Å². The quantitative estimate of drug-likeness (QED) is 0.609. The topological polar surface area (TPSA) is 79.6 Å². The molecule has 0 spiro atoms. The van der Waals surface area contributed by atoms with Crippen LogP contribution in [0.25, 0.3) is 0 Å². The van der Waals surface area contributed by atoms with Crippen molar-refractivity contribution in [3.05, 3.63) is 53.5 Å². The molecule has 0 saturated carbocycles. The minimum atomic E-state index is -3.55. The second-order valence-electron chi connectivity index (χ2n) is 6.40. The van der Waals surface area contributed by atoms with E-state index < -0.39 is 10.0 Å². The van der Waals surface area contributed by atoms with E-state index in [-0.39, 0.29) is 12.5 Å². The van der Waals surface area contributed by atoms with Gasteiger partial charge in [-0.05, 0) is 49.8 Å². The summed E-state index contributed by atoms with van der Waals surface area (Å²) in [6.07, 6.45) is 3.57. The summed E-state index contributed by atoms with van der Waals surface area (Å²) in [6, 6.07) is 9.28. The summed E-state index contributed by atoms with van der Waals surface area (Å²) < 4.78 is 30.7. The summed E-state index contributed by atoms with van der Waals surface area (Å²) >= 11 is 1.73. The van der Waals surface area contributed by atoms with E-state index in [1.165, 1.54) is 0 Å². The molecule has 0 fully saturated rings. The van der Waals surface area contributed by atoms with Gasteiger partial charge in [-0.25, -0.2) is 8.42 Å². The Hall–Kier alpha value is -1.93. The maximum absolute atomic E-state index is 12.2. The third kappa shape index (κ3) is 6.95. The van der Waals surface area contributed by atoms with Gasteiger partial charge in [0.15, 0.2) is 0 Å². The Balaban J connectivity index is 1.82. The van der Waals surface area contributed by atoms with Gasteiger partial charge in [-0.1, -0.05) is 17.7 Å². The number of aryl methyl sites for hydroxylation is 2. The molecule has 1 aromatic carbocycles. The fourth-order valence-corrected chi connectivity index (χ4v) is 4.39. The van der Waals surface area contributed by atoms with Gasteiger partial charge in [0.1, 0.15) is 12.3 Å². The molecule has 1 aromatic heterocycles. The van der Waals surface area contributed by atoms with Crippen LogP contribution in [0.4, 0.5) is 5.69 Å². The molecule has 148 valence electrons. The normalized spacial score (nSPS) is 11.4. The minimum Gasteiger partial charge on any atom is -0.468 e. The molecule has 0 saturated heterocycles. The molecule has 8 heteroatoms. The number of rotatable bonds is 10. The SMILES string of the molecule is Cc1ccc(N(CC(=O)NCCCSCc2ccco2)S(C)(=O)=O)c(C)c1. The van der Waals surface area contributed by atoms with Gasteiger partial charge in [0.25, 0.3) is 0 Å². The Morgan fingerprint density at radius 2 is 2.04 bits per heavy atom. The van der Waals surface area contributed by atoms with Crippen molar-refractivity contribution < 1.29 is 17.6 Å². The van der Waals surface area contributed by atoms with Crippen LogP contribution in [0.3, 0.4) is 0 Å². The Morgan fingerprint density at radius 3 is 2.67 bits per heavy atom. The van der Waals surface area contributed by atoms with Crippen LogP contribution in [-0.4, -0.2) is 39.4 Å². The van der Waals surface area contributed by atoms with Gasteiger partial charge in [0.05, 0.1) is 24.0 Å². The van der Waals surface area contributed by atoms with Crippen molar-refractivity contribution in [1.29, 1.82) is 0 Å². The maximum Gasteiger partial charge on any atom is 0.240 e. The number of nitrogens with zero attached hydrogens (tertiary/aromatic N) is 1. The molecular weight excluding hydrogens is 384 g/mol. The van der Waals surface area contributed by atoms with Gasteiger partial charge in [0.2, 0.25) is 15.9 Å². The highest BCUT2D eigenvalue weighted by atomic mass is 32.2. The first-order valence-electron chi connectivity index (χ1n) is 8.69. The Kier molecular flexibility index (Phi) is 7.79. The lowest BCUT2D eigenvalue weighted by Crippen LogP contribution is -2.41. The number of carbonyl (C=O) groups is 1. The smallest absolute Gasteiger partial charge is 0.240 e. The van der Waals surface area contributed by atoms with E-state index in [1.54, 1.807) is 24.1 Å². The number of carbonyl (C=O) groups excluding carboxylic acids is 1. The Morgan fingerprint density at radius 1 is 1.26 bits per heavy atom. The molecule has 1 amide bonds. The molecule has 1 N–H and O–H groups in total. The zero-order valence-corrected chi connectivity index (χ0v) is 17.5. The number of hydrogen-bond donors (Lipinski definition) is 1. The summed E-state index contributed by atoms with van der Waals surface area (Å²) in [7, 11) is -3.55. The van der Waals surface area contributed by atoms with Crippen LogP contribution in [0.15, 0.2) is 41.0 Å². The van der Waals surface area contributed by atoms with Crippen molar-refractivity contribution in [3.8, 4) is 0 Å². The standard InChI is InChI=1S/C19H26N2O4S2/c1-15-7-8-18(16(2)12-15)21(27(3,23)24)13-19(22)20-9-5-11-26-14-17-6-4-10-25-17/h4,6-8,10,12H,5,9,11,13-14H2,1-3H3,(H,20,22). The second-order valence-corrected chi connectivity index (χ2v) is 9.41. The molecule has 0 aliphatic heterocycles. The lowest BCUT2D eigenvalue weighted by atomic mass is 10.1. The van der Waals surface area contributed by atoms with E-state index in [0.29, 0.717) is 12.2 Å². The van der Waals surface area contributed by atoms with E-state index in [0.717, 1.165) is 45.4 Å². The number of thioether (sulfide) groups is 1. The van der Waals surface area contributed by atoms with Crippen LogP contribution in [-0.2, 0) is 20.6 Å². The van der Waals surface area contributed by atoms with Gasteiger partial charge in [-0.15, -0.1) is 0 Å². The molecule has 0 atom stereocenters. The number of anilines is 1. The molecule has 1 heterocycles. The van der Waals surface area contributed by atoms with E-state index in [9.17, 15) is 13.2 Å². The van der Waals surface area contributed by atoms with Gasteiger partial charge in [-0.3, -0.25) is 9.10 Å². The van der Waals surface area contributed by atoms with Crippen molar-refractivity contribution in [3.63, 3.8) is 0 Å². The molecule has 27 heavy (non-hydrogen) atoms. The molecular formula is C19H26N2O4S2. The summed E-state index contributed by atoms with van der Waals surface area (Å²) in [4.78, 5) is 12.2. The third-order valence-electron chi connectivity index (χ3n) is 3.92. The van der Waals surface area contributed by atoms with E-state index in [4.69, 9.17) is 4.42 Å². The fourth-order valence-electron chi connectivity index (χ4n) is 2.62. The van der Waals surface area contributed by atoms with Gasteiger partial charge >= 0.3 is 0 Å². The highest BCUT2D eigenvalue weighted by Crippen LogP contribution is 2.23. The molecule has 0 radical (unpaired) electrons. The van der Waals surface area contributed by atoms with Crippen LogP contribution in [0, 0.1) is 13.8 Å². The number of furan rings is 1. The highest BCUT2D eigenvalue weighted by Gasteiger charge is 2.22. The zero-order valence-electron chi connectivity index (χ0n) is 15.9. The average molecular weight is 411 g/mol. The molecule has 2 aromatic rings. The number of nitrogens with one attached hydrogen (secondary N) is 1. The summed E-state index contributed by atoms with van der Waals surface area (Å²) in [6.45, 7) is 4.07. The fraction of sp³-hybridized carbons (Fsp3) is 0.421. The largest absolute Gasteiger partial charge is 0.468 e. The minimum absolute atomic E-state index is 0.220. The third-order valence-corrected chi connectivity index (χ3v) is 6.11. The van der Waals surface area contributed by atoms with Crippen LogP contribution >= 0.6 is 11.8 Å². The Bertz CT molecular complexity index is 849. The van der Waals surface area contributed by atoms with Crippen molar-refractivity contribution in [2.75, 3.05) is 29.4 Å². The van der Waals surface area contributed by atoms with Gasteiger partial charge in [-0.2, -0.15) is 11.8 Å². The Labute approximate surface area is 165 Å². The zero-order chi connectivity index (χ0) is 19.9. The van der Waals surface area contributed by atoms with E-state index in [1.807, 2.05) is 38.1 Å². The van der Waals surface area contributed by atoms with Crippen LogP contribution < -0.4 is 9.62 Å². The van der Waals surface area contributed by atoms with Crippen LogP contribution in [0.1, 0.15) is 23.3 Å². The number of amides is 1. The molecule has 0 bridgehead atoms. The predicted molar refractivity (Wildman–Crippen MR) is 111 cm³/mol. The second kappa shape index (κ2) is 9.85. The molecule has 0 aliphatic rings. The highest BCUT2D eigenvalue weighted by molar-refractivity contribution is 7.98. The first-order valence-corrected chi connectivity index (χ1v) is 11.7. The van der Waals surface area contributed by atoms with E-state index >= 15 is 0 Å². The lowest BCUT2D eigenvalue weighted by molar-refractivity contribution is -0.119. The van der Waals surface area contributed by atoms with Crippen LogP contribution in [0.5, 0.6) is 0 Å². The molecule has 2 rings (SSSR count). The van der Waals surface area contributed by atoms with Crippen molar-refractivity contribution >= 4 is 33.4 Å². The summed E-state index contributed by atoms with van der Waals surface area (Å²) in [5.41, 5.74) is 2.40.